The van der Waals surface area contributed by atoms with Crippen molar-refractivity contribution in [1.29, 1.82) is 0 Å². The molecule has 436 valence electrons. The van der Waals surface area contributed by atoms with Crippen LogP contribution in [-0.2, 0) is 28.6 Å². The minimum atomic E-state index is -0.796. The average molecular weight is 1070 g/mol. The van der Waals surface area contributed by atoms with Crippen LogP contribution in [0.15, 0.2) is 134 Å². The van der Waals surface area contributed by atoms with Gasteiger partial charge in [0.15, 0.2) is 6.10 Å². The predicted octanol–water partition coefficient (Wildman–Crippen LogP) is 21.8. The third-order valence-electron chi connectivity index (χ3n) is 13.1. The third kappa shape index (κ3) is 62.3. The second-order valence-electron chi connectivity index (χ2n) is 20.5. The SMILES string of the molecule is CC/C=C\C/C=C\C/C=C\C/C=C\C/C=C\CCCCCCCCCCCC(=O)OCC(COC(=O)CCCCCCCCC/C=C\C/C=C\C/C=C\CC)OC(=O)CCCCCCCCC/C=C\C/C=C\C/C=C\CC. The molecule has 0 aliphatic rings. The van der Waals surface area contributed by atoms with Gasteiger partial charge in [0.2, 0.25) is 0 Å². The van der Waals surface area contributed by atoms with Crippen molar-refractivity contribution in [2.24, 2.45) is 0 Å². The summed E-state index contributed by atoms with van der Waals surface area (Å²) in [6, 6.07) is 0. The van der Waals surface area contributed by atoms with Crippen LogP contribution in [0.5, 0.6) is 0 Å². The zero-order chi connectivity index (χ0) is 55.7. The summed E-state index contributed by atoms with van der Waals surface area (Å²) in [6.45, 7) is 6.30. The van der Waals surface area contributed by atoms with E-state index in [4.69, 9.17) is 14.2 Å². The first kappa shape index (κ1) is 72.5. The van der Waals surface area contributed by atoms with Crippen LogP contribution in [-0.4, -0.2) is 37.2 Å². The fourth-order valence-corrected chi connectivity index (χ4v) is 8.50. The van der Waals surface area contributed by atoms with E-state index < -0.39 is 6.10 Å². The lowest BCUT2D eigenvalue weighted by molar-refractivity contribution is -0.167. The fourth-order valence-electron chi connectivity index (χ4n) is 8.50. The number of allylic oxidation sites excluding steroid dienone is 22. The number of unbranched alkanes of at least 4 members (excludes halogenated alkanes) is 23. The molecular formula is C71H116O6. The standard InChI is InChI=1S/C71H116O6/c1-4-7-10-13-16-19-22-25-28-31-32-33-34-35-36-37-38-41-43-46-49-52-55-58-61-64-70(73)76-67-68(77-71(74)65-62-59-56-53-50-47-44-40-30-27-24-21-18-15-12-9-6-3)66-75-69(72)63-60-57-54-51-48-45-42-39-29-26-23-20-17-14-11-8-5-2/h7-12,16-21,25-30,32-33,35-36,68H,4-6,13-15,22-24,31,34,37-67H2,1-3H3/b10-7-,11-8-,12-9-,19-16-,20-17-,21-18-,28-25-,29-26-,30-27-,33-32-,36-35-. The van der Waals surface area contributed by atoms with Crippen molar-refractivity contribution in [2.45, 2.75) is 284 Å². The molecule has 0 aromatic heterocycles. The van der Waals surface area contributed by atoms with Crippen molar-refractivity contribution < 1.29 is 28.6 Å². The van der Waals surface area contributed by atoms with E-state index in [1.54, 1.807) is 0 Å². The number of ether oxygens (including phenoxy) is 3. The molecule has 1 unspecified atom stereocenters. The van der Waals surface area contributed by atoms with Gasteiger partial charge in [-0.25, -0.2) is 0 Å². The molecular weight excluding hydrogens is 949 g/mol. The first-order chi connectivity index (χ1) is 38.0. The highest BCUT2D eigenvalue weighted by molar-refractivity contribution is 5.71. The maximum Gasteiger partial charge on any atom is 0.306 e. The molecule has 0 spiro atoms. The number of hydrogen-bond donors (Lipinski definition) is 0. The minimum Gasteiger partial charge on any atom is -0.462 e. The molecule has 0 rings (SSSR count). The Morgan fingerprint density at radius 2 is 0.468 bits per heavy atom. The first-order valence-corrected chi connectivity index (χ1v) is 31.7. The second kappa shape index (κ2) is 64.1. The molecule has 6 heteroatoms. The van der Waals surface area contributed by atoms with Crippen LogP contribution in [0.4, 0.5) is 0 Å². The summed E-state index contributed by atoms with van der Waals surface area (Å²) in [5.41, 5.74) is 0. The highest BCUT2D eigenvalue weighted by Crippen LogP contribution is 2.15. The molecule has 0 N–H and O–H groups in total. The van der Waals surface area contributed by atoms with Crippen LogP contribution in [0.3, 0.4) is 0 Å². The van der Waals surface area contributed by atoms with Crippen molar-refractivity contribution in [3.63, 3.8) is 0 Å². The van der Waals surface area contributed by atoms with Gasteiger partial charge in [0.1, 0.15) is 13.2 Å². The summed E-state index contributed by atoms with van der Waals surface area (Å²) in [6.07, 6.45) is 90.2. The number of esters is 3. The van der Waals surface area contributed by atoms with Crippen LogP contribution < -0.4 is 0 Å². The molecule has 0 fully saturated rings. The Kier molecular flexibility index (Phi) is 60.4. The van der Waals surface area contributed by atoms with Crippen molar-refractivity contribution in [3.8, 4) is 0 Å². The van der Waals surface area contributed by atoms with Gasteiger partial charge < -0.3 is 14.2 Å². The maximum atomic E-state index is 12.9. The molecule has 0 saturated carbocycles. The van der Waals surface area contributed by atoms with Crippen molar-refractivity contribution in [3.05, 3.63) is 134 Å². The summed E-state index contributed by atoms with van der Waals surface area (Å²) < 4.78 is 16.9. The van der Waals surface area contributed by atoms with Crippen molar-refractivity contribution >= 4 is 17.9 Å². The van der Waals surface area contributed by atoms with Crippen LogP contribution >= 0.6 is 0 Å². The highest BCUT2D eigenvalue weighted by atomic mass is 16.6. The van der Waals surface area contributed by atoms with Crippen LogP contribution in [0, 0.1) is 0 Å². The Hall–Kier alpha value is -4.45. The van der Waals surface area contributed by atoms with E-state index in [0.717, 1.165) is 148 Å². The molecule has 0 bridgehead atoms. The number of hydrogen-bond acceptors (Lipinski definition) is 6. The van der Waals surface area contributed by atoms with Gasteiger partial charge >= 0.3 is 17.9 Å². The van der Waals surface area contributed by atoms with Gasteiger partial charge in [-0.05, 0) is 128 Å². The summed E-state index contributed by atoms with van der Waals surface area (Å²) >= 11 is 0. The molecule has 0 aliphatic carbocycles. The summed E-state index contributed by atoms with van der Waals surface area (Å²) in [5.74, 6) is -0.915. The van der Waals surface area contributed by atoms with Gasteiger partial charge in [-0.3, -0.25) is 14.4 Å². The zero-order valence-electron chi connectivity index (χ0n) is 49.9. The van der Waals surface area contributed by atoms with Crippen molar-refractivity contribution in [2.75, 3.05) is 13.2 Å². The van der Waals surface area contributed by atoms with Crippen LogP contribution in [0.25, 0.3) is 0 Å². The number of carbonyl (C=O) groups is 3. The topological polar surface area (TPSA) is 78.9 Å². The number of rotatable bonds is 56. The Morgan fingerprint density at radius 1 is 0.260 bits per heavy atom. The van der Waals surface area contributed by atoms with Gasteiger partial charge in [0.05, 0.1) is 0 Å². The van der Waals surface area contributed by atoms with Gasteiger partial charge in [-0.1, -0.05) is 264 Å². The van der Waals surface area contributed by atoms with E-state index in [0.29, 0.717) is 19.3 Å². The van der Waals surface area contributed by atoms with Crippen LogP contribution in [0.2, 0.25) is 0 Å². The molecule has 0 aromatic rings. The summed E-state index contributed by atoms with van der Waals surface area (Å²) in [4.78, 5) is 38.4. The molecule has 0 aromatic carbocycles. The van der Waals surface area contributed by atoms with Crippen LogP contribution in [0.1, 0.15) is 278 Å². The lowest BCUT2D eigenvalue weighted by atomic mass is 10.1. The van der Waals surface area contributed by atoms with Gasteiger partial charge in [0.25, 0.3) is 0 Å². The normalized spacial score (nSPS) is 13.0. The monoisotopic (exact) mass is 1060 g/mol. The molecule has 0 aliphatic heterocycles. The van der Waals surface area contributed by atoms with E-state index in [1.807, 2.05) is 0 Å². The van der Waals surface area contributed by atoms with Gasteiger partial charge in [0, 0.05) is 19.3 Å². The van der Waals surface area contributed by atoms with E-state index >= 15 is 0 Å². The average Bonchev–Trinajstić information content (AvgIpc) is 3.43. The fraction of sp³-hybridized carbons (Fsp3) is 0.648. The summed E-state index contributed by atoms with van der Waals surface area (Å²) in [5, 5.41) is 0. The molecule has 0 radical (unpaired) electrons. The number of carbonyl (C=O) groups excluding carboxylic acids is 3. The van der Waals surface area contributed by atoms with Gasteiger partial charge in [-0.15, -0.1) is 0 Å². The Bertz CT molecular complexity index is 1650. The minimum absolute atomic E-state index is 0.0920. The quantitative estimate of drug-likeness (QED) is 0.0261. The van der Waals surface area contributed by atoms with Crippen molar-refractivity contribution in [1.82, 2.24) is 0 Å². The summed E-state index contributed by atoms with van der Waals surface area (Å²) in [7, 11) is 0. The lowest BCUT2D eigenvalue weighted by Gasteiger charge is -2.18. The third-order valence-corrected chi connectivity index (χ3v) is 13.1. The Labute approximate surface area is 475 Å². The molecule has 1 atom stereocenters. The van der Waals surface area contributed by atoms with Gasteiger partial charge in [-0.2, -0.15) is 0 Å². The van der Waals surface area contributed by atoms with E-state index in [2.05, 4.69) is 154 Å². The zero-order valence-corrected chi connectivity index (χ0v) is 49.9. The van der Waals surface area contributed by atoms with E-state index in [1.165, 1.54) is 89.9 Å². The Balaban J connectivity index is 4.40. The smallest absolute Gasteiger partial charge is 0.306 e. The first-order valence-electron chi connectivity index (χ1n) is 31.7. The molecule has 0 heterocycles. The molecule has 0 amide bonds. The maximum absolute atomic E-state index is 12.9. The largest absolute Gasteiger partial charge is 0.462 e. The molecule has 6 nitrogen and oxygen atoms in total. The highest BCUT2D eigenvalue weighted by Gasteiger charge is 2.19. The predicted molar refractivity (Wildman–Crippen MR) is 334 cm³/mol. The van der Waals surface area contributed by atoms with E-state index in [9.17, 15) is 14.4 Å². The van der Waals surface area contributed by atoms with E-state index in [-0.39, 0.29) is 31.1 Å². The molecule has 77 heavy (non-hydrogen) atoms. The lowest BCUT2D eigenvalue weighted by Crippen LogP contribution is -2.30. The molecule has 0 saturated heterocycles. The Morgan fingerprint density at radius 3 is 0.727 bits per heavy atom. The second-order valence-corrected chi connectivity index (χ2v) is 20.5.